The Hall–Kier alpha value is -3.71. The van der Waals surface area contributed by atoms with Crippen molar-refractivity contribution < 1.29 is 4.79 Å². The van der Waals surface area contributed by atoms with E-state index in [-0.39, 0.29) is 5.91 Å². The molecule has 170 valence electrons. The van der Waals surface area contributed by atoms with Crippen molar-refractivity contribution in [1.29, 1.82) is 0 Å². The molecule has 2 heterocycles. The fourth-order valence-electron chi connectivity index (χ4n) is 4.08. The van der Waals surface area contributed by atoms with Crippen LogP contribution >= 0.6 is 15.9 Å². The SMILES string of the molecule is Cc1nn(Cc2cccc(C(=O)Nc3nc4ccccc4n3Cc3ccccc3)c2)c(C)c1Br. The molecule has 0 saturated heterocycles. The molecule has 0 aliphatic carbocycles. The van der Waals surface area contributed by atoms with Gasteiger partial charge in [0.05, 0.1) is 40.0 Å². The maximum absolute atomic E-state index is 13.2. The maximum Gasteiger partial charge on any atom is 0.257 e. The van der Waals surface area contributed by atoms with Gasteiger partial charge in [-0.25, -0.2) is 4.98 Å². The third-order valence-corrected chi connectivity index (χ3v) is 7.03. The molecule has 0 bridgehead atoms. The molecular weight excluding hydrogens is 490 g/mol. The highest BCUT2D eigenvalue weighted by Crippen LogP contribution is 2.23. The summed E-state index contributed by atoms with van der Waals surface area (Å²) in [5.41, 5.74) is 6.55. The van der Waals surface area contributed by atoms with Crippen molar-refractivity contribution in [3.8, 4) is 0 Å². The van der Waals surface area contributed by atoms with Gasteiger partial charge in [0.25, 0.3) is 5.91 Å². The van der Waals surface area contributed by atoms with Crippen molar-refractivity contribution in [2.45, 2.75) is 26.9 Å². The number of imidazole rings is 1. The van der Waals surface area contributed by atoms with Gasteiger partial charge in [-0.15, -0.1) is 0 Å². The minimum Gasteiger partial charge on any atom is -0.305 e. The molecule has 5 aromatic rings. The first-order chi connectivity index (χ1) is 16.5. The molecule has 6 nitrogen and oxygen atoms in total. The van der Waals surface area contributed by atoms with Crippen LogP contribution in [0, 0.1) is 13.8 Å². The molecule has 0 aliphatic rings. The molecule has 3 aromatic carbocycles. The van der Waals surface area contributed by atoms with Crippen LogP contribution in [0.25, 0.3) is 11.0 Å². The topological polar surface area (TPSA) is 64.7 Å². The Morgan fingerprint density at radius 2 is 1.65 bits per heavy atom. The molecule has 5 rings (SSSR count). The molecule has 0 saturated carbocycles. The lowest BCUT2D eigenvalue weighted by Gasteiger charge is -2.11. The number of hydrogen-bond acceptors (Lipinski definition) is 3. The van der Waals surface area contributed by atoms with Gasteiger partial charge in [-0.2, -0.15) is 5.10 Å². The second-order valence-electron chi connectivity index (χ2n) is 8.29. The average molecular weight is 514 g/mol. The molecule has 0 atom stereocenters. The highest BCUT2D eigenvalue weighted by molar-refractivity contribution is 9.10. The summed E-state index contributed by atoms with van der Waals surface area (Å²) in [6.07, 6.45) is 0. The average Bonchev–Trinajstić information content (AvgIpc) is 3.31. The number of halogens is 1. The first-order valence-corrected chi connectivity index (χ1v) is 11.9. The Balaban J connectivity index is 1.42. The number of fused-ring (bicyclic) bond motifs is 1. The van der Waals surface area contributed by atoms with Crippen LogP contribution in [-0.2, 0) is 13.1 Å². The Bertz CT molecular complexity index is 1490. The molecule has 1 amide bonds. The zero-order valence-electron chi connectivity index (χ0n) is 19.0. The molecule has 0 spiro atoms. The molecule has 0 radical (unpaired) electrons. The smallest absolute Gasteiger partial charge is 0.257 e. The number of carbonyl (C=O) groups is 1. The van der Waals surface area contributed by atoms with Gasteiger partial charge in [0.2, 0.25) is 5.95 Å². The number of nitrogens with one attached hydrogen (secondary N) is 1. The Morgan fingerprint density at radius 1 is 0.912 bits per heavy atom. The van der Waals surface area contributed by atoms with Gasteiger partial charge in [-0.3, -0.25) is 14.8 Å². The standard InChI is InChI=1S/C27H24BrN5O/c1-18-25(28)19(2)33(31-18)17-21-11-8-12-22(15-21)26(34)30-27-29-23-13-6-7-14-24(23)32(27)16-20-9-4-3-5-10-20/h3-15H,16-17H2,1-2H3,(H,29,30,34). The van der Waals surface area contributed by atoms with Gasteiger partial charge < -0.3 is 4.57 Å². The van der Waals surface area contributed by atoms with E-state index in [4.69, 9.17) is 4.98 Å². The van der Waals surface area contributed by atoms with E-state index < -0.39 is 0 Å². The van der Waals surface area contributed by atoms with Gasteiger partial charge in [-0.05, 0) is 65.2 Å². The van der Waals surface area contributed by atoms with Crippen LogP contribution in [0.1, 0.15) is 32.9 Å². The predicted octanol–water partition coefficient (Wildman–Crippen LogP) is 5.96. The van der Waals surface area contributed by atoms with Gasteiger partial charge in [0.1, 0.15) is 0 Å². The maximum atomic E-state index is 13.2. The zero-order valence-corrected chi connectivity index (χ0v) is 20.6. The third kappa shape index (κ3) is 4.39. The molecule has 1 N–H and O–H groups in total. The minimum atomic E-state index is -0.194. The molecular formula is C27H24BrN5O. The van der Waals surface area contributed by atoms with E-state index in [1.807, 2.05) is 89.8 Å². The molecule has 0 aliphatic heterocycles. The number of para-hydroxylation sites is 2. The van der Waals surface area contributed by atoms with Crippen molar-refractivity contribution in [2.24, 2.45) is 0 Å². The van der Waals surface area contributed by atoms with Crippen LogP contribution in [0.4, 0.5) is 5.95 Å². The van der Waals surface area contributed by atoms with Gasteiger partial charge in [0, 0.05) is 5.56 Å². The molecule has 0 fully saturated rings. The fraction of sp³-hybridized carbons (Fsp3) is 0.148. The van der Waals surface area contributed by atoms with Crippen molar-refractivity contribution >= 4 is 38.8 Å². The minimum absolute atomic E-state index is 0.194. The number of aromatic nitrogens is 4. The number of nitrogens with zero attached hydrogens (tertiary/aromatic N) is 4. The highest BCUT2D eigenvalue weighted by atomic mass is 79.9. The third-order valence-electron chi connectivity index (χ3n) is 5.88. The summed E-state index contributed by atoms with van der Waals surface area (Å²) in [4.78, 5) is 17.9. The summed E-state index contributed by atoms with van der Waals surface area (Å²) in [6.45, 7) is 5.20. The van der Waals surface area contributed by atoms with Crippen molar-refractivity contribution in [3.63, 3.8) is 0 Å². The van der Waals surface area contributed by atoms with E-state index in [0.29, 0.717) is 24.6 Å². The number of rotatable bonds is 6. The Kier molecular flexibility index (Phi) is 6.02. The van der Waals surface area contributed by atoms with Crippen molar-refractivity contribution in [1.82, 2.24) is 19.3 Å². The van der Waals surface area contributed by atoms with Crippen molar-refractivity contribution in [3.05, 3.63) is 111 Å². The van der Waals surface area contributed by atoms with Crippen LogP contribution in [0.3, 0.4) is 0 Å². The normalized spacial score (nSPS) is 11.1. The Morgan fingerprint density at radius 3 is 2.41 bits per heavy atom. The number of aryl methyl sites for hydroxylation is 1. The monoisotopic (exact) mass is 513 g/mol. The molecule has 0 unspecified atom stereocenters. The van der Waals surface area contributed by atoms with E-state index in [9.17, 15) is 4.79 Å². The second kappa shape index (κ2) is 9.27. The lowest BCUT2D eigenvalue weighted by Crippen LogP contribution is -2.17. The number of carbonyl (C=O) groups excluding carboxylic acids is 1. The summed E-state index contributed by atoms with van der Waals surface area (Å²) >= 11 is 3.58. The number of hydrogen-bond donors (Lipinski definition) is 1. The van der Waals surface area contributed by atoms with Crippen LogP contribution in [0.5, 0.6) is 0 Å². The molecule has 34 heavy (non-hydrogen) atoms. The molecule has 7 heteroatoms. The predicted molar refractivity (Wildman–Crippen MR) is 138 cm³/mol. The first-order valence-electron chi connectivity index (χ1n) is 11.1. The number of benzene rings is 3. The lowest BCUT2D eigenvalue weighted by molar-refractivity contribution is 0.102. The van der Waals surface area contributed by atoms with Gasteiger partial charge >= 0.3 is 0 Å². The number of amides is 1. The van der Waals surface area contributed by atoms with Crippen LogP contribution in [0.15, 0.2) is 83.3 Å². The van der Waals surface area contributed by atoms with Crippen molar-refractivity contribution in [2.75, 3.05) is 5.32 Å². The summed E-state index contributed by atoms with van der Waals surface area (Å²) in [5, 5.41) is 7.61. The summed E-state index contributed by atoms with van der Waals surface area (Å²) in [5.74, 6) is 0.337. The quantitative estimate of drug-likeness (QED) is 0.304. The van der Waals surface area contributed by atoms with Gasteiger partial charge in [0.15, 0.2) is 0 Å². The van der Waals surface area contributed by atoms with Crippen LogP contribution < -0.4 is 5.32 Å². The second-order valence-corrected chi connectivity index (χ2v) is 9.09. The van der Waals surface area contributed by atoms with Crippen LogP contribution in [-0.4, -0.2) is 25.2 Å². The summed E-state index contributed by atoms with van der Waals surface area (Å²) < 4.78 is 4.99. The number of anilines is 1. The van der Waals surface area contributed by atoms with E-state index in [1.54, 1.807) is 0 Å². The van der Waals surface area contributed by atoms with Crippen LogP contribution in [0.2, 0.25) is 0 Å². The Labute approximate surface area is 206 Å². The van der Waals surface area contributed by atoms with E-state index in [1.165, 1.54) is 0 Å². The lowest BCUT2D eigenvalue weighted by atomic mass is 10.1. The fourth-order valence-corrected chi connectivity index (χ4v) is 4.37. The largest absolute Gasteiger partial charge is 0.305 e. The van der Waals surface area contributed by atoms with E-state index in [0.717, 1.165) is 38.0 Å². The summed E-state index contributed by atoms with van der Waals surface area (Å²) in [6, 6.07) is 25.7. The highest BCUT2D eigenvalue weighted by Gasteiger charge is 2.16. The van der Waals surface area contributed by atoms with E-state index >= 15 is 0 Å². The zero-order chi connectivity index (χ0) is 23.7. The summed E-state index contributed by atoms with van der Waals surface area (Å²) in [7, 11) is 0. The van der Waals surface area contributed by atoms with Gasteiger partial charge in [-0.1, -0.05) is 54.6 Å². The van der Waals surface area contributed by atoms with E-state index in [2.05, 4.69) is 38.5 Å². The molecule has 2 aromatic heterocycles. The first kappa shape index (κ1) is 22.1.